The molecular weight excluding hydrogens is 284 g/mol. The van der Waals surface area contributed by atoms with Crippen molar-refractivity contribution in [3.05, 3.63) is 27.1 Å². The van der Waals surface area contributed by atoms with Gasteiger partial charge in [-0.2, -0.15) is 0 Å². The molecule has 0 saturated carbocycles. The number of hydrogen-bond acceptors (Lipinski definition) is 3. The van der Waals surface area contributed by atoms with Gasteiger partial charge in [0.25, 0.3) is 5.56 Å². The SMILES string of the molecule is CC(C)CCOCCn1cc(N)cc(Br)c1=O. The number of ether oxygens (including phenoxy) is 1. The van der Waals surface area contributed by atoms with Crippen LogP contribution in [0.15, 0.2) is 21.5 Å². The van der Waals surface area contributed by atoms with Crippen LogP contribution in [0.1, 0.15) is 20.3 Å². The Morgan fingerprint density at radius 2 is 2.18 bits per heavy atom. The minimum Gasteiger partial charge on any atom is -0.398 e. The summed E-state index contributed by atoms with van der Waals surface area (Å²) in [5.41, 5.74) is 6.16. The Hall–Kier alpha value is -0.810. The lowest BCUT2D eigenvalue weighted by atomic mass is 10.1. The predicted molar refractivity (Wildman–Crippen MR) is 73.1 cm³/mol. The van der Waals surface area contributed by atoms with E-state index in [0.29, 0.717) is 29.2 Å². The maximum atomic E-state index is 11.7. The van der Waals surface area contributed by atoms with Crippen molar-refractivity contribution in [2.45, 2.75) is 26.8 Å². The zero-order valence-electron chi connectivity index (χ0n) is 10.3. The highest BCUT2D eigenvalue weighted by Gasteiger charge is 2.02. The maximum Gasteiger partial charge on any atom is 0.265 e. The first-order valence-corrected chi connectivity index (χ1v) is 6.53. The van der Waals surface area contributed by atoms with Crippen LogP contribution in [0.2, 0.25) is 0 Å². The van der Waals surface area contributed by atoms with Crippen LogP contribution in [0.3, 0.4) is 0 Å². The molecule has 0 unspecified atom stereocenters. The quantitative estimate of drug-likeness (QED) is 0.820. The molecule has 17 heavy (non-hydrogen) atoms. The normalized spacial score (nSPS) is 11.1. The smallest absolute Gasteiger partial charge is 0.265 e. The van der Waals surface area contributed by atoms with Gasteiger partial charge in [0.2, 0.25) is 0 Å². The Balaban J connectivity index is 2.44. The van der Waals surface area contributed by atoms with Crippen molar-refractivity contribution in [1.29, 1.82) is 0 Å². The van der Waals surface area contributed by atoms with Crippen LogP contribution in [0, 0.1) is 5.92 Å². The highest BCUT2D eigenvalue weighted by atomic mass is 79.9. The molecule has 0 fully saturated rings. The number of nitrogens with zero attached hydrogens (tertiary/aromatic N) is 1. The Morgan fingerprint density at radius 3 is 2.82 bits per heavy atom. The lowest BCUT2D eigenvalue weighted by Gasteiger charge is -2.09. The molecule has 1 rings (SSSR count). The van der Waals surface area contributed by atoms with E-state index in [1.54, 1.807) is 16.8 Å². The molecule has 0 bridgehead atoms. The van der Waals surface area contributed by atoms with Crippen molar-refractivity contribution < 1.29 is 4.74 Å². The van der Waals surface area contributed by atoms with Crippen LogP contribution in [0.4, 0.5) is 5.69 Å². The van der Waals surface area contributed by atoms with E-state index in [1.807, 2.05) is 0 Å². The van der Waals surface area contributed by atoms with E-state index in [1.165, 1.54) is 0 Å². The van der Waals surface area contributed by atoms with E-state index in [4.69, 9.17) is 10.5 Å². The number of aromatic nitrogens is 1. The van der Waals surface area contributed by atoms with Gasteiger partial charge in [0, 0.05) is 25.0 Å². The van der Waals surface area contributed by atoms with Crippen molar-refractivity contribution in [3.63, 3.8) is 0 Å². The van der Waals surface area contributed by atoms with Gasteiger partial charge in [0.05, 0.1) is 11.1 Å². The standard InChI is InChI=1S/C12H19BrN2O2/c1-9(2)3-5-17-6-4-15-8-10(14)7-11(13)12(15)16/h7-9H,3-6,14H2,1-2H3. The minimum atomic E-state index is -0.0772. The molecule has 5 heteroatoms. The zero-order valence-corrected chi connectivity index (χ0v) is 11.9. The number of nitrogen functional groups attached to an aromatic ring is 1. The monoisotopic (exact) mass is 302 g/mol. The van der Waals surface area contributed by atoms with Gasteiger partial charge in [-0.1, -0.05) is 13.8 Å². The Kier molecular flexibility index (Phi) is 5.71. The first-order chi connectivity index (χ1) is 8.00. The number of halogens is 1. The Morgan fingerprint density at radius 1 is 1.47 bits per heavy atom. The van der Waals surface area contributed by atoms with Gasteiger partial charge in [0.15, 0.2) is 0 Å². The van der Waals surface area contributed by atoms with Crippen molar-refractivity contribution in [2.24, 2.45) is 5.92 Å². The molecule has 0 saturated heterocycles. The summed E-state index contributed by atoms with van der Waals surface area (Å²) in [4.78, 5) is 11.7. The van der Waals surface area contributed by atoms with E-state index >= 15 is 0 Å². The van der Waals surface area contributed by atoms with Crippen molar-refractivity contribution >= 4 is 21.6 Å². The highest BCUT2D eigenvalue weighted by molar-refractivity contribution is 9.10. The molecule has 2 N–H and O–H groups in total. The lowest BCUT2D eigenvalue weighted by Crippen LogP contribution is -2.23. The average Bonchev–Trinajstić information content (AvgIpc) is 2.23. The molecule has 0 aromatic carbocycles. The zero-order chi connectivity index (χ0) is 12.8. The molecule has 4 nitrogen and oxygen atoms in total. The van der Waals surface area contributed by atoms with E-state index in [-0.39, 0.29) is 5.56 Å². The van der Waals surface area contributed by atoms with Crippen LogP contribution in [-0.4, -0.2) is 17.8 Å². The summed E-state index contributed by atoms with van der Waals surface area (Å²) < 4.78 is 7.52. The van der Waals surface area contributed by atoms with Gasteiger partial charge in [0.1, 0.15) is 0 Å². The predicted octanol–water partition coefficient (Wildman–Crippen LogP) is 2.26. The van der Waals surface area contributed by atoms with Crippen molar-refractivity contribution in [1.82, 2.24) is 4.57 Å². The molecule has 0 aliphatic rings. The highest BCUT2D eigenvalue weighted by Crippen LogP contribution is 2.08. The molecule has 0 radical (unpaired) electrons. The van der Waals surface area contributed by atoms with E-state index in [9.17, 15) is 4.79 Å². The van der Waals surface area contributed by atoms with Crippen molar-refractivity contribution in [2.75, 3.05) is 18.9 Å². The number of hydrogen-bond donors (Lipinski definition) is 1. The van der Waals surface area contributed by atoms with Gasteiger partial charge in [-0.3, -0.25) is 4.79 Å². The van der Waals surface area contributed by atoms with E-state index in [0.717, 1.165) is 13.0 Å². The second-order valence-electron chi connectivity index (χ2n) is 4.41. The molecule has 0 aliphatic carbocycles. The van der Waals surface area contributed by atoms with E-state index < -0.39 is 0 Å². The van der Waals surface area contributed by atoms with Gasteiger partial charge >= 0.3 is 0 Å². The minimum absolute atomic E-state index is 0.0772. The third-order valence-corrected chi connectivity index (χ3v) is 2.95. The van der Waals surface area contributed by atoms with Crippen molar-refractivity contribution in [3.8, 4) is 0 Å². The summed E-state index contributed by atoms with van der Waals surface area (Å²) in [6.07, 6.45) is 2.68. The number of nitrogens with two attached hydrogens (primary N) is 1. The van der Waals surface area contributed by atoms with Gasteiger partial charge < -0.3 is 15.0 Å². The Labute approximate surface area is 110 Å². The van der Waals surface area contributed by atoms with E-state index in [2.05, 4.69) is 29.8 Å². The fourth-order valence-corrected chi connectivity index (χ4v) is 1.86. The second kappa shape index (κ2) is 6.81. The third kappa shape index (κ3) is 4.91. The maximum absolute atomic E-state index is 11.7. The fraction of sp³-hybridized carbons (Fsp3) is 0.583. The Bertz CT molecular complexity index is 415. The molecular formula is C12H19BrN2O2. The molecule has 1 aromatic rings. The third-order valence-electron chi connectivity index (χ3n) is 2.38. The molecule has 1 heterocycles. The van der Waals surface area contributed by atoms with Gasteiger partial charge in [-0.15, -0.1) is 0 Å². The molecule has 0 atom stereocenters. The van der Waals surface area contributed by atoms with Crippen LogP contribution in [-0.2, 0) is 11.3 Å². The summed E-state index contributed by atoms with van der Waals surface area (Å²) in [7, 11) is 0. The lowest BCUT2D eigenvalue weighted by molar-refractivity contribution is 0.115. The average molecular weight is 303 g/mol. The summed E-state index contributed by atoms with van der Waals surface area (Å²) >= 11 is 3.18. The second-order valence-corrected chi connectivity index (χ2v) is 5.27. The molecule has 1 aromatic heterocycles. The first-order valence-electron chi connectivity index (χ1n) is 5.74. The topological polar surface area (TPSA) is 57.2 Å². The molecule has 0 amide bonds. The summed E-state index contributed by atoms with van der Waals surface area (Å²) in [6.45, 7) is 6.10. The number of rotatable bonds is 6. The number of pyridine rings is 1. The molecule has 96 valence electrons. The number of anilines is 1. The first kappa shape index (κ1) is 14.3. The molecule has 0 aliphatic heterocycles. The van der Waals surface area contributed by atoms with Crippen LogP contribution < -0.4 is 11.3 Å². The van der Waals surface area contributed by atoms with Gasteiger partial charge in [-0.05, 0) is 34.3 Å². The van der Waals surface area contributed by atoms with Gasteiger partial charge in [-0.25, -0.2) is 0 Å². The summed E-state index contributed by atoms with van der Waals surface area (Å²) in [6, 6.07) is 1.61. The van der Waals surface area contributed by atoms with Crippen LogP contribution >= 0.6 is 15.9 Å². The summed E-state index contributed by atoms with van der Waals surface area (Å²) in [5, 5.41) is 0. The van der Waals surface area contributed by atoms with Crippen LogP contribution in [0.25, 0.3) is 0 Å². The summed E-state index contributed by atoms with van der Waals surface area (Å²) in [5.74, 6) is 0.638. The molecule has 0 spiro atoms. The fourth-order valence-electron chi connectivity index (χ4n) is 1.37. The largest absolute Gasteiger partial charge is 0.398 e. The van der Waals surface area contributed by atoms with Crippen LogP contribution in [0.5, 0.6) is 0 Å².